The predicted molar refractivity (Wildman–Crippen MR) is 135 cm³/mol. The molecule has 0 unspecified atom stereocenters. The fourth-order valence-corrected chi connectivity index (χ4v) is 5.86. The van der Waals surface area contributed by atoms with E-state index in [9.17, 15) is 19.5 Å². The van der Waals surface area contributed by atoms with E-state index in [0.29, 0.717) is 24.8 Å². The Morgan fingerprint density at radius 2 is 1.89 bits per heavy atom. The average Bonchev–Trinajstić information content (AvgIpc) is 3.38. The molecule has 1 aromatic rings. The number of azide groups is 1. The number of amides is 4. The van der Waals surface area contributed by atoms with Gasteiger partial charge in [-0.15, -0.1) is 0 Å². The first-order chi connectivity index (χ1) is 17.0. The highest BCUT2D eigenvalue weighted by Gasteiger charge is 2.42. The summed E-state index contributed by atoms with van der Waals surface area (Å²) in [6, 6.07) is 4.55. The molecule has 4 amide bonds. The molecule has 190 valence electrons. The van der Waals surface area contributed by atoms with Gasteiger partial charge in [-0.25, -0.2) is 4.79 Å². The number of urea groups is 1. The van der Waals surface area contributed by atoms with E-state index in [1.165, 1.54) is 18.2 Å². The Hall–Kier alpha value is -3.11. The second-order valence-corrected chi connectivity index (χ2v) is 10.1. The summed E-state index contributed by atoms with van der Waals surface area (Å²) >= 11 is 1.90. The molecule has 2 aliphatic rings. The van der Waals surface area contributed by atoms with Crippen molar-refractivity contribution in [3.8, 4) is 5.75 Å². The van der Waals surface area contributed by atoms with Crippen molar-refractivity contribution >= 4 is 35.3 Å². The van der Waals surface area contributed by atoms with Crippen LogP contribution >= 0.6 is 11.8 Å². The van der Waals surface area contributed by atoms with Crippen LogP contribution in [0.25, 0.3) is 10.4 Å². The number of nitrogens with zero attached hydrogens (tertiary/aromatic N) is 3. The Morgan fingerprint density at radius 1 is 1.11 bits per heavy atom. The van der Waals surface area contributed by atoms with E-state index >= 15 is 0 Å². The Balaban J connectivity index is 1.15. The maximum absolute atomic E-state index is 12.1. The molecular weight excluding hydrogens is 470 g/mol. The van der Waals surface area contributed by atoms with Crippen molar-refractivity contribution in [1.29, 1.82) is 0 Å². The van der Waals surface area contributed by atoms with E-state index < -0.39 is 0 Å². The van der Waals surface area contributed by atoms with Crippen molar-refractivity contribution in [1.82, 2.24) is 21.3 Å². The third-order valence-corrected chi connectivity index (χ3v) is 7.69. The zero-order valence-corrected chi connectivity index (χ0v) is 20.5. The monoisotopic (exact) mass is 503 g/mol. The normalized spacial score (nSPS) is 20.3. The van der Waals surface area contributed by atoms with Crippen LogP contribution in [0.1, 0.15) is 61.7 Å². The van der Waals surface area contributed by atoms with E-state index in [-0.39, 0.29) is 46.9 Å². The van der Waals surface area contributed by atoms with Gasteiger partial charge < -0.3 is 26.4 Å². The van der Waals surface area contributed by atoms with Crippen molar-refractivity contribution < 1.29 is 19.5 Å². The molecule has 0 aromatic heterocycles. The molecular formula is C23H33N7O4S. The average molecular weight is 504 g/mol. The molecule has 2 saturated heterocycles. The molecule has 35 heavy (non-hydrogen) atoms. The van der Waals surface area contributed by atoms with Gasteiger partial charge in [-0.05, 0) is 43.3 Å². The topological polar surface area (TPSA) is 168 Å². The number of hydrogen-bond donors (Lipinski definition) is 5. The van der Waals surface area contributed by atoms with Crippen molar-refractivity contribution in [2.75, 3.05) is 18.8 Å². The fourth-order valence-electron chi connectivity index (χ4n) is 4.32. The predicted octanol–water partition coefficient (Wildman–Crippen LogP) is 3.47. The summed E-state index contributed by atoms with van der Waals surface area (Å²) in [6.07, 6.45) is 6.92. The number of carbonyl (C=O) groups excluding carboxylic acids is 3. The molecule has 2 heterocycles. The molecule has 3 atom stereocenters. The largest absolute Gasteiger partial charge is 0.507 e. The number of aromatic hydroxyl groups is 1. The standard InChI is InChI=1S/C23H33N7O4S/c24-30-29-15-9-10-16(18(31)13-15)22(33)26-12-6-2-1-5-11-25-20(32)8-4-3-7-19-21-17(14-35-19)27-23(34)28-21/h9-10,13,17,19,21,31H,1-8,11-12,14H2,(H,25,32)(H,26,33)(H2,27,28,34)/t17-,19-,21-/m0/s1. The zero-order chi connectivity index (χ0) is 25.0. The number of phenols is 1. The van der Waals surface area contributed by atoms with Gasteiger partial charge in [0, 0.05) is 41.1 Å². The molecule has 2 fully saturated rings. The van der Waals surface area contributed by atoms with Crippen LogP contribution in [0.3, 0.4) is 0 Å². The lowest BCUT2D eigenvalue weighted by molar-refractivity contribution is -0.121. The van der Waals surface area contributed by atoms with E-state index in [1.807, 2.05) is 11.8 Å². The SMILES string of the molecule is [N-]=[N+]=Nc1ccc(C(=O)NCCCCCCNC(=O)CCCC[C@@H]2SC[C@@H]3NC(=O)N[C@@H]32)c(O)c1. The quantitative estimate of drug-likeness (QED) is 0.0859. The van der Waals surface area contributed by atoms with Crippen LogP contribution < -0.4 is 21.3 Å². The van der Waals surface area contributed by atoms with Crippen LogP contribution in [0.15, 0.2) is 23.3 Å². The lowest BCUT2D eigenvalue weighted by Gasteiger charge is -2.16. The first kappa shape index (κ1) is 26.5. The maximum atomic E-state index is 12.1. The molecule has 0 aliphatic carbocycles. The van der Waals surface area contributed by atoms with E-state index in [1.54, 1.807) is 0 Å². The summed E-state index contributed by atoms with van der Waals surface area (Å²) in [5.41, 5.74) is 8.79. The minimum absolute atomic E-state index is 0.0649. The van der Waals surface area contributed by atoms with Crippen LogP contribution in [0.2, 0.25) is 0 Å². The van der Waals surface area contributed by atoms with Crippen LogP contribution in [0.5, 0.6) is 5.75 Å². The Morgan fingerprint density at radius 3 is 2.63 bits per heavy atom. The molecule has 0 saturated carbocycles. The molecule has 0 spiro atoms. The number of unbranched alkanes of at least 4 members (excludes halogenated alkanes) is 4. The summed E-state index contributed by atoms with van der Waals surface area (Å²) in [5.74, 6) is 0.432. The van der Waals surface area contributed by atoms with Gasteiger partial charge in [0.1, 0.15) is 5.75 Å². The van der Waals surface area contributed by atoms with Crippen molar-refractivity contribution in [2.24, 2.45) is 5.11 Å². The van der Waals surface area contributed by atoms with Crippen molar-refractivity contribution in [3.63, 3.8) is 0 Å². The first-order valence-corrected chi connectivity index (χ1v) is 13.1. The zero-order valence-electron chi connectivity index (χ0n) is 19.7. The number of carbonyl (C=O) groups is 3. The summed E-state index contributed by atoms with van der Waals surface area (Å²) in [6.45, 7) is 1.14. The number of thioether (sulfide) groups is 1. The lowest BCUT2D eigenvalue weighted by Crippen LogP contribution is -2.36. The molecule has 3 rings (SSSR count). The van der Waals surface area contributed by atoms with Crippen LogP contribution in [-0.4, -0.2) is 59.1 Å². The van der Waals surface area contributed by atoms with Gasteiger partial charge >= 0.3 is 6.03 Å². The summed E-state index contributed by atoms with van der Waals surface area (Å²) in [4.78, 5) is 38.2. The highest BCUT2D eigenvalue weighted by molar-refractivity contribution is 8.00. The third kappa shape index (κ3) is 8.25. The van der Waals surface area contributed by atoms with Gasteiger partial charge in [0.25, 0.3) is 5.91 Å². The van der Waals surface area contributed by atoms with E-state index in [4.69, 9.17) is 5.53 Å². The molecule has 0 bridgehead atoms. The number of hydrogen-bond acceptors (Lipinski definition) is 6. The van der Waals surface area contributed by atoms with Gasteiger partial charge in [-0.3, -0.25) is 9.59 Å². The molecule has 2 aliphatic heterocycles. The van der Waals surface area contributed by atoms with E-state index in [0.717, 1.165) is 50.7 Å². The number of nitrogens with one attached hydrogen (secondary N) is 4. The fraction of sp³-hybridized carbons (Fsp3) is 0.609. The highest BCUT2D eigenvalue weighted by Crippen LogP contribution is 2.33. The highest BCUT2D eigenvalue weighted by atomic mass is 32.2. The minimum atomic E-state index is -0.377. The molecule has 11 nitrogen and oxygen atoms in total. The molecule has 12 heteroatoms. The van der Waals surface area contributed by atoms with Gasteiger partial charge in [-0.2, -0.15) is 11.8 Å². The van der Waals surface area contributed by atoms with Gasteiger partial charge in [0.05, 0.1) is 17.6 Å². The number of fused-ring (bicyclic) bond motifs is 1. The summed E-state index contributed by atoms with van der Waals surface area (Å²) < 4.78 is 0. The second-order valence-electron chi connectivity index (χ2n) is 8.78. The summed E-state index contributed by atoms with van der Waals surface area (Å²) in [7, 11) is 0. The van der Waals surface area contributed by atoms with Gasteiger partial charge in [0.2, 0.25) is 5.91 Å². The Kier molecular flexibility index (Phi) is 10.4. The summed E-state index contributed by atoms with van der Waals surface area (Å²) in [5, 5.41) is 25.4. The Bertz CT molecular complexity index is 954. The maximum Gasteiger partial charge on any atom is 0.315 e. The second kappa shape index (κ2) is 13.7. The number of rotatable bonds is 14. The number of phenolic OH excluding ortho intramolecular Hbond substituents is 1. The van der Waals surface area contributed by atoms with Crippen molar-refractivity contribution in [2.45, 2.75) is 68.7 Å². The lowest BCUT2D eigenvalue weighted by atomic mass is 10.0. The van der Waals surface area contributed by atoms with Crippen LogP contribution in [-0.2, 0) is 4.79 Å². The van der Waals surface area contributed by atoms with Gasteiger partial charge in [0.15, 0.2) is 0 Å². The van der Waals surface area contributed by atoms with Crippen LogP contribution in [0.4, 0.5) is 10.5 Å². The van der Waals surface area contributed by atoms with E-state index in [2.05, 4.69) is 31.3 Å². The van der Waals surface area contributed by atoms with Gasteiger partial charge in [-0.1, -0.05) is 30.4 Å². The van der Waals surface area contributed by atoms with Crippen LogP contribution in [0, 0.1) is 0 Å². The van der Waals surface area contributed by atoms with Crippen molar-refractivity contribution in [3.05, 3.63) is 34.2 Å². The molecule has 1 aromatic carbocycles. The smallest absolute Gasteiger partial charge is 0.315 e. The minimum Gasteiger partial charge on any atom is -0.507 e. The molecule has 5 N–H and O–H groups in total. The first-order valence-electron chi connectivity index (χ1n) is 12.1. The molecule has 0 radical (unpaired) electrons. The third-order valence-electron chi connectivity index (χ3n) is 6.18. The Labute approximate surface area is 208 Å². The number of benzene rings is 1.